The van der Waals surface area contributed by atoms with Crippen molar-refractivity contribution >= 4 is 11.8 Å². The van der Waals surface area contributed by atoms with Crippen LogP contribution in [0.2, 0.25) is 0 Å². The van der Waals surface area contributed by atoms with E-state index in [9.17, 15) is 18.4 Å². The molecule has 1 fully saturated rings. The van der Waals surface area contributed by atoms with E-state index in [0.717, 1.165) is 0 Å². The van der Waals surface area contributed by atoms with E-state index >= 15 is 0 Å². The standard InChI is InChI=1S/C20H20F2N2O3/c21-16-5-3-4-15(12-16)13-19(25)23-8-10-24(11-9-23)20(26)14-27-18-7-2-1-6-17(18)22/h1-7,12H,8-11,13-14H2. The van der Waals surface area contributed by atoms with Gasteiger partial charge in [0.1, 0.15) is 5.82 Å². The number of hydrogen-bond donors (Lipinski definition) is 0. The van der Waals surface area contributed by atoms with E-state index in [0.29, 0.717) is 31.7 Å². The number of halogens is 2. The molecule has 0 unspecified atom stereocenters. The van der Waals surface area contributed by atoms with Gasteiger partial charge in [-0.25, -0.2) is 8.78 Å². The number of nitrogens with zero attached hydrogens (tertiary/aromatic N) is 2. The molecule has 0 spiro atoms. The molecule has 0 saturated carbocycles. The normalized spacial score (nSPS) is 14.1. The summed E-state index contributed by atoms with van der Waals surface area (Å²) in [5, 5.41) is 0. The summed E-state index contributed by atoms with van der Waals surface area (Å²) in [5.41, 5.74) is 0.622. The van der Waals surface area contributed by atoms with Crippen LogP contribution in [0.15, 0.2) is 48.5 Å². The van der Waals surface area contributed by atoms with Crippen molar-refractivity contribution in [3.05, 3.63) is 65.7 Å². The van der Waals surface area contributed by atoms with Gasteiger partial charge in [0, 0.05) is 26.2 Å². The molecule has 0 radical (unpaired) electrons. The minimum atomic E-state index is -0.516. The Morgan fingerprint density at radius 2 is 1.56 bits per heavy atom. The summed E-state index contributed by atoms with van der Waals surface area (Å²) in [7, 11) is 0. The van der Waals surface area contributed by atoms with E-state index in [4.69, 9.17) is 4.74 Å². The number of benzene rings is 2. The average molecular weight is 374 g/mol. The highest BCUT2D eigenvalue weighted by molar-refractivity contribution is 5.80. The van der Waals surface area contributed by atoms with Gasteiger partial charge >= 0.3 is 0 Å². The summed E-state index contributed by atoms with van der Waals surface area (Å²) in [6.45, 7) is 1.32. The van der Waals surface area contributed by atoms with Crippen molar-refractivity contribution in [3.63, 3.8) is 0 Å². The molecule has 2 aromatic carbocycles. The zero-order chi connectivity index (χ0) is 19.2. The van der Waals surface area contributed by atoms with Crippen LogP contribution in [-0.4, -0.2) is 54.4 Å². The van der Waals surface area contributed by atoms with Crippen LogP contribution in [0.4, 0.5) is 8.78 Å². The van der Waals surface area contributed by atoms with E-state index in [2.05, 4.69) is 0 Å². The first-order valence-corrected chi connectivity index (χ1v) is 8.70. The Balaban J connectivity index is 1.46. The lowest BCUT2D eigenvalue weighted by Crippen LogP contribution is -2.52. The van der Waals surface area contributed by atoms with Gasteiger partial charge in [0.05, 0.1) is 6.42 Å². The largest absolute Gasteiger partial charge is 0.481 e. The number of piperazine rings is 1. The van der Waals surface area contributed by atoms with Crippen molar-refractivity contribution in [1.29, 1.82) is 0 Å². The summed E-state index contributed by atoms with van der Waals surface area (Å²) in [6, 6.07) is 11.9. The molecule has 0 aliphatic carbocycles. The van der Waals surface area contributed by atoms with Gasteiger partial charge in [-0.05, 0) is 29.8 Å². The van der Waals surface area contributed by atoms with Gasteiger partial charge in [-0.1, -0.05) is 24.3 Å². The topological polar surface area (TPSA) is 49.9 Å². The van der Waals surface area contributed by atoms with Crippen LogP contribution in [0.5, 0.6) is 5.75 Å². The van der Waals surface area contributed by atoms with Crippen molar-refractivity contribution in [2.24, 2.45) is 0 Å². The molecule has 0 atom stereocenters. The molecule has 2 amide bonds. The van der Waals surface area contributed by atoms with Gasteiger partial charge in [0.2, 0.25) is 5.91 Å². The van der Waals surface area contributed by atoms with Crippen molar-refractivity contribution in [3.8, 4) is 5.75 Å². The molecule has 2 aromatic rings. The smallest absolute Gasteiger partial charge is 0.260 e. The second-order valence-electron chi connectivity index (χ2n) is 6.29. The maximum Gasteiger partial charge on any atom is 0.260 e. The Hall–Kier alpha value is -2.96. The third kappa shape index (κ3) is 5.03. The summed E-state index contributed by atoms with van der Waals surface area (Å²) >= 11 is 0. The highest BCUT2D eigenvalue weighted by atomic mass is 19.1. The van der Waals surface area contributed by atoms with E-state index in [1.54, 1.807) is 34.1 Å². The number of ether oxygens (including phenoxy) is 1. The number of carbonyl (C=O) groups excluding carboxylic acids is 2. The van der Waals surface area contributed by atoms with Crippen LogP contribution >= 0.6 is 0 Å². The highest BCUT2D eigenvalue weighted by Crippen LogP contribution is 2.15. The van der Waals surface area contributed by atoms with E-state index in [-0.39, 0.29) is 36.4 Å². The maximum absolute atomic E-state index is 13.5. The van der Waals surface area contributed by atoms with Crippen molar-refractivity contribution in [2.75, 3.05) is 32.8 Å². The molecule has 0 aromatic heterocycles. The molecule has 7 heteroatoms. The number of rotatable bonds is 5. The second kappa shape index (κ2) is 8.62. The lowest BCUT2D eigenvalue weighted by atomic mass is 10.1. The predicted molar refractivity (Wildman–Crippen MR) is 95.2 cm³/mol. The first-order chi connectivity index (χ1) is 13.0. The van der Waals surface area contributed by atoms with Gasteiger partial charge < -0.3 is 14.5 Å². The molecular weight excluding hydrogens is 354 g/mol. The number of hydrogen-bond acceptors (Lipinski definition) is 3. The van der Waals surface area contributed by atoms with Crippen LogP contribution in [0.1, 0.15) is 5.56 Å². The van der Waals surface area contributed by atoms with E-state index in [1.807, 2.05) is 0 Å². The van der Waals surface area contributed by atoms with Gasteiger partial charge in [-0.3, -0.25) is 9.59 Å². The Bertz CT molecular complexity index is 820. The van der Waals surface area contributed by atoms with Crippen LogP contribution in [0.25, 0.3) is 0 Å². The zero-order valence-electron chi connectivity index (χ0n) is 14.7. The van der Waals surface area contributed by atoms with Gasteiger partial charge in [0.25, 0.3) is 5.91 Å². The molecule has 1 heterocycles. The van der Waals surface area contributed by atoms with Crippen LogP contribution in [0.3, 0.4) is 0 Å². The summed E-state index contributed by atoms with van der Waals surface area (Å²) in [5.74, 6) is -1.20. The molecule has 27 heavy (non-hydrogen) atoms. The van der Waals surface area contributed by atoms with Crippen LogP contribution in [0, 0.1) is 11.6 Å². The second-order valence-corrected chi connectivity index (χ2v) is 6.29. The Morgan fingerprint density at radius 1 is 0.889 bits per heavy atom. The third-order valence-electron chi connectivity index (χ3n) is 4.42. The molecule has 1 aliphatic rings. The van der Waals surface area contributed by atoms with E-state index in [1.165, 1.54) is 24.3 Å². The minimum absolute atomic E-state index is 0.0368. The van der Waals surface area contributed by atoms with Crippen molar-refractivity contribution < 1.29 is 23.1 Å². The quantitative estimate of drug-likeness (QED) is 0.807. The van der Waals surface area contributed by atoms with Crippen LogP contribution < -0.4 is 4.74 Å². The first-order valence-electron chi connectivity index (χ1n) is 8.70. The minimum Gasteiger partial charge on any atom is -0.481 e. The van der Waals surface area contributed by atoms with Gasteiger partial charge in [-0.2, -0.15) is 0 Å². The number of para-hydroxylation sites is 1. The summed E-state index contributed by atoms with van der Waals surface area (Å²) in [6.07, 6.45) is 0.127. The van der Waals surface area contributed by atoms with Crippen LogP contribution in [-0.2, 0) is 16.0 Å². The fraction of sp³-hybridized carbons (Fsp3) is 0.300. The van der Waals surface area contributed by atoms with E-state index < -0.39 is 5.82 Å². The number of amides is 2. The maximum atomic E-state index is 13.5. The molecule has 1 saturated heterocycles. The monoisotopic (exact) mass is 374 g/mol. The lowest BCUT2D eigenvalue weighted by Gasteiger charge is -2.34. The molecular formula is C20H20F2N2O3. The SMILES string of the molecule is O=C(COc1ccccc1F)N1CCN(C(=O)Cc2cccc(F)c2)CC1. The molecule has 3 rings (SSSR count). The Kier molecular flexibility index (Phi) is 6.01. The third-order valence-corrected chi connectivity index (χ3v) is 4.42. The lowest BCUT2D eigenvalue weighted by molar-refractivity contribution is -0.140. The zero-order valence-corrected chi connectivity index (χ0v) is 14.7. The average Bonchev–Trinajstić information content (AvgIpc) is 2.67. The van der Waals surface area contributed by atoms with Crippen molar-refractivity contribution in [2.45, 2.75) is 6.42 Å². The highest BCUT2D eigenvalue weighted by Gasteiger charge is 2.24. The Morgan fingerprint density at radius 3 is 2.22 bits per heavy atom. The molecule has 0 bridgehead atoms. The molecule has 142 valence electrons. The van der Waals surface area contributed by atoms with Gasteiger partial charge in [0.15, 0.2) is 18.2 Å². The van der Waals surface area contributed by atoms with Gasteiger partial charge in [-0.15, -0.1) is 0 Å². The molecule has 5 nitrogen and oxygen atoms in total. The Labute approximate surface area is 156 Å². The molecule has 0 N–H and O–H groups in total. The fourth-order valence-electron chi connectivity index (χ4n) is 2.93. The predicted octanol–water partition coefficient (Wildman–Crippen LogP) is 2.26. The summed E-state index contributed by atoms with van der Waals surface area (Å²) in [4.78, 5) is 27.8. The molecule has 1 aliphatic heterocycles. The fourth-order valence-corrected chi connectivity index (χ4v) is 2.93. The summed E-state index contributed by atoms with van der Waals surface area (Å²) < 4.78 is 32.0. The van der Waals surface area contributed by atoms with Crippen molar-refractivity contribution in [1.82, 2.24) is 9.80 Å². The first kappa shape index (κ1) is 18.8. The number of carbonyl (C=O) groups is 2.